The van der Waals surface area contributed by atoms with Crippen LogP contribution in [0.1, 0.15) is 31.2 Å². The minimum Gasteiger partial charge on any atom is -0.396 e. The summed E-state index contributed by atoms with van der Waals surface area (Å²) in [7, 11) is 0. The van der Waals surface area contributed by atoms with Crippen LogP contribution in [-0.2, 0) is 11.2 Å². The van der Waals surface area contributed by atoms with Gasteiger partial charge in [0.05, 0.1) is 6.61 Å². The van der Waals surface area contributed by atoms with E-state index in [1.165, 1.54) is 0 Å². The second-order valence-electron chi connectivity index (χ2n) is 4.13. The van der Waals surface area contributed by atoms with Gasteiger partial charge in [0, 0.05) is 26.1 Å². The maximum Gasteiger partial charge on any atom is 0.226 e. The van der Waals surface area contributed by atoms with Crippen molar-refractivity contribution in [1.82, 2.24) is 15.0 Å². The first kappa shape index (κ1) is 12.5. The fourth-order valence-electron chi connectivity index (χ4n) is 1.88. The molecule has 1 aliphatic rings. The summed E-state index contributed by atoms with van der Waals surface area (Å²) in [6.45, 7) is 5.76. The maximum absolute atomic E-state index is 8.73. The normalized spacial score (nSPS) is 21.9. The SMILES string of the molecule is CCN1CCOC(c2noc(CCCO)n2)C1. The second kappa shape index (κ2) is 6.09. The van der Waals surface area contributed by atoms with Gasteiger partial charge < -0.3 is 14.4 Å². The first-order valence-electron chi connectivity index (χ1n) is 6.10. The van der Waals surface area contributed by atoms with Crippen molar-refractivity contribution < 1.29 is 14.4 Å². The van der Waals surface area contributed by atoms with E-state index in [0.717, 1.165) is 19.6 Å². The van der Waals surface area contributed by atoms with Crippen LogP contribution in [0.4, 0.5) is 0 Å². The third kappa shape index (κ3) is 3.24. The van der Waals surface area contributed by atoms with Gasteiger partial charge in [-0.05, 0) is 13.0 Å². The summed E-state index contributed by atoms with van der Waals surface area (Å²) in [6.07, 6.45) is 1.18. The largest absolute Gasteiger partial charge is 0.396 e. The molecule has 96 valence electrons. The van der Waals surface area contributed by atoms with Crippen molar-refractivity contribution in [2.45, 2.75) is 25.9 Å². The number of rotatable bonds is 5. The predicted molar refractivity (Wildman–Crippen MR) is 60.5 cm³/mol. The van der Waals surface area contributed by atoms with E-state index in [2.05, 4.69) is 22.0 Å². The minimum atomic E-state index is -0.0877. The molecule has 1 unspecified atom stereocenters. The van der Waals surface area contributed by atoms with E-state index in [4.69, 9.17) is 14.4 Å². The summed E-state index contributed by atoms with van der Waals surface area (Å²) >= 11 is 0. The lowest BCUT2D eigenvalue weighted by Crippen LogP contribution is -2.38. The molecule has 0 radical (unpaired) electrons. The molecule has 1 fully saturated rings. The number of morpholine rings is 1. The molecule has 1 N–H and O–H groups in total. The lowest BCUT2D eigenvalue weighted by atomic mass is 10.2. The Balaban J connectivity index is 1.94. The molecule has 1 saturated heterocycles. The third-order valence-electron chi connectivity index (χ3n) is 2.92. The summed E-state index contributed by atoms with van der Waals surface area (Å²) in [5.41, 5.74) is 0. The lowest BCUT2D eigenvalue weighted by Gasteiger charge is -2.30. The van der Waals surface area contributed by atoms with Gasteiger partial charge in [-0.15, -0.1) is 0 Å². The Kier molecular flexibility index (Phi) is 4.47. The van der Waals surface area contributed by atoms with Gasteiger partial charge in [0.1, 0.15) is 6.10 Å². The predicted octanol–water partition coefficient (Wildman–Crippen LogP) is 0.388. The van der Waals surface area contributed by atoms with Crippen molar-refractivity contribution in [3.63, 3.8) is 0 Å². The van der Waals surface area contributed by atoms with E-state index >= 15 is 0 Å². The third-order valence-corrected chi connectivity index (χ3v) is 2.92. The fourth-order valence-corrected chi connectivity index (χ4v) is 1.88. The molecule has 0 spiro atoms. The Morgan fingerprint density at radius 3 is 3.18 bits per heavy atom. The van der Waals surface area contributed by atoms with Gasteiger partial charge in [-0.25, -0.2) is 0 Å². The first-order valence-corrected chi connectivity index (χ1v) is 6.10. The summed E-state index contributed by atoms with van der Waals surface area (Å²) < 4.78 is 10.8. The molecule has 0 aromatic carbocycles. The topological polar surface area (TPSA) is 71.6 Å². The van der Waals surface area contributed by atoms with Gasteiger partial charge in [0.25, 0.3) is 0 Å². The van der Waals surface area contributed by atoms with E-state index in [-0.39, 0.29) is 12.7 Å². The Bertz CT molecular complexity index is 342. The molecule has 0 amide bonds. The van der Waals surface area contributed by atoms with E-state index in [1.54, 1.807) is 0 Å². The number of aliphatic hydroxyl groups excluding tert-OH is 1. The summed E-state index contributed by atoms with van der Waals surface area (Å²) in [4.78, 5) is 6.60. The van der Waals surface area contributed by atoms with E-state index in [1.807, 2.05) is 0 Å². The number of nitrogens with zero attached hydrogens (tertiary/aromatic N) is 3. The molecule has 1 aromatic heterocycles. The second-order valence-corrected chi connectivity index (χ2v) is 4.13. The van der Waals surface area contributed by atoms with Crippen LogP contribution in [0.25, 0.3) is 0 Å². The molecule has 17 heavy (non-hydrogen) atoms. The van der Waals surface area contributed by atoms with Crippen LogP contribution in [0.5, 0.6) is 0 Å². The molecule has 0 saturated carbocycles. The van der Waals surface area contributed by atoms with Crippen molar-refractivity contribution in [1.29, 1.82) is 0 Å². The highest BCUT2D eigenvalue weighted by Gasteiger charge is 2.25. The van der Waals surface area contributed by atoms with Gasteiger partial charge in [0.2, 0.25) is 11.7 Å². The van der Waals surface area contributed by atoms with Crippen LogP contribution in [0, 0.1) is 0 Å². The van der Waals surface area contributed by atoms with Crippen molar-refractivity contribution in [3.8, 4) is 0 Å². The highest BCUT2D eigenvalue weighted by atomic mass is 16.5. The van der Waals surface area contributed by atoms with Gasteiger partial charge in [-0.3, -0.25) is 4.90 Å². The molecule has 1 aromatic rings. The lowest BCUT2D eigenvalue weighted by molar-refractivity contribution is -0.0334. The molecular formula is C11H19N3O3. The standard InChI is InChI=1S/C11H19N3O3/c1-2-14-5-7-16-9(8-14)11-12-10(17-13-11)4-3-6-15/h9,15H,2-8H2,1H3. The fraction of sp³-hybridized carbons (Fsp3) is 0.818. The van der Waals surface area contributed by atoms with Crippen LogP contribution >= 0.6 is 0 Å². The van der Waals surface area contributed by atoms with Gasteiger partial charge in [-0.2, -0.15) is 4.98 Å². The summed E-state index contributed by atoms with van der Waals surface area (Å²) in [5, 5.41) is 12.7. The quantitative estimate of drug-likeness (QED) is 0.804. The highest BCUT2D eigenvalue weighted by molar-refractivity contribution is 4.94. The Morgan fingerprint density at radius 1 is 1.53 bits per heavy atom. The van der Waals surface area contributed by atoms with Crippen LogP contribution in [-0.4, -0.2) is 53.0 Å². The summed E-state index contributed by atoms with van der Waals surface area (Å²) in [5.74, 6) is 1.20. The number of aliphatic hydroxyl groups is 1. The van der Waals surface area contributed by atoms with Gasteiger partial charge >= 0.3 is 0 Å². The maximum atomic E-state index is 8.73. The molecule has 2 rings (SSSR count). The highest BCUT2D eigenvalue weighted by Crippen LogP contribution is 2.19. The summed E-state index contributed by atoms with van der Waals surface area (Å²) in [6, 6.07) is 0. The Hall–Kier alpha value is -0.980. The van der Waals surface area contributed by atoms with Crippen LogP contribution in [0.2, 0.25) is 0 Å². The number of likely N-dealkylation sites (N-methyl/N-ethyl adjacent to an activating group) is 1. The molecule has 6 heteroatoms. The van der Waals surface area contributed by atoms with Crippen molar-refractivity contribution in [2.24, 2.45) is 0 Å². The average molecular weight is 241 g/mol. The number of ether oxygens (including phenoxy) is 1. The number of aryl methyl sites for hydroxylation is 1. The Morgan fingerprint density at radius 2 is 2.41 bits per heavy atom. The minimum absolute atomic E-state index is 0.0877. The Labute approximate surface area is 101 Å². The molecule has 0 aliphatic carbocycles. The van der Waals surface area contributed by atoms with E-state index in [9.17, 15) is 0 Å². The van der Waals surface area contributed by atoms with Crippen molar-refractivity contribution in [2.75, 3.05) is 32.8 Å². The van der Waals surface area contributed by atoms with Gasteiger partial charge in [-0.1, -0.05) is 12.1 Å². The van der Waals surface area contributed by atoms with Crippen LogP contribution in [0.3, 0.4) is 0 Å². The first-order chi connectivity index (χ1) is 8.33. The number of aromatic nitrogens is 2. The zero-order chi connectivity index (χ0) is 12.1. The molecule has 0 bridgehead atoms. The van der Waals surface area contributed by atoms with Crippen molar-refractivity contribution >= 4 is 0 Å². The zero-order valence-corrected chi connectivity index (χ0v) is 10.1. The smallest absolute Gasteiger partial charge is 0.226 e. The van der Waals surface area contributed by atoms with Crippen molar-refractivity contribution in [3.05, 3.63) is 11.7 Å². The molecule has 1 atom stereocenters. The monoisotopic (exact) mass is 241 g/mol. The average Bonchev–Trinajstić information content (AvgIpc) is 2.85. The van der Waals surface area contributed by atoms with E-state index < -0.39 is 0 Å². The zero-order valence-electron chi connectivity index (χ0n) is 10.1. The van der Waals surface area contributed by atoms with Gasteiger partial charge in [0.15, 0.2) is 0 Å². The number of hydrogen-bond donors (Lipinski definition) is 1. The van der Waals surface area contributed by atoms with Crippen LogP contribution < -0.4 is 0 Å². The molecular weight excluding hydrogens is 222 g/mol. The van der Waals surface area contributed by atoms with E-state index in [0.29, 0.717) is 31.2 Å². The molecule has 6 nitrogen and oxygen atoms in total. The van der Waals surface area contributed by atoms with Crippen LogP contribution in [0.15, 0.2) is 4.52 Å². The number of hydrogen-bond acceptors (Lipinski definition) is 6. The molecule has 1 aliphatic heterocycles. The molecule has 2 heterocycles.